The van der Waals surface area contributed by atoms with Crippen molar-refractivity contribution in [2.45, 2.75) is 30.7 Å². The van der Waals surface area contributed by atoms with Crippen LogP contribution in [0.3, 0.4) is 0 Å². The second-order valence-corrected chi connectivity index (χ2v) is 4.23. The van der Waals surface area contributed by atoms with E-state index in [0.29, 0.717) is 6.42 Å². The van der Waals surface area contributed by atoms with Crippen molar-refractivity contribution in [3.8, 4) is 0 Å². The molecule has 0 saturated carbocycles. The molecule has 1 saturated heterocycles. The Kier molecular flexibility index (Phi) is 6.50. The van der Waals surface area contributed by atoms with Gasteiger partial charge < -0.3 is 19.7 Å². The van der Waals surface area contributed by atoms with Gasteiger partial charge in [-0.25, -0.2) is 0 Å². The van der Waals surface area contributed by atoms with Crippen LogP contribution in [0.1, 0.15) is 6.42 Å². The summed E-state index contributed by atoms with van der Waals surface area (Å²) in [5.41, 5.74) is 0. The molecule has 2 radical (unpaired) electrons. The monoisotopic (exact) mass is 265 g/mol. The van der Waals surface area contributed by atoms with E-state index >= 15 is 0 Å². The lowest BCUT2D eigenvalue weighted by molar-refractivity contribution is -0.0200. The first kappa shape index (κ1) is 15.0. The second kappa shape index (κ2) is 7.38. The predicted molar refractivity (Wildman–Crippen MR) is 57.6 cm³/mol. The smallest absolute Gasteiger partial charge is 0.396 e. The standard InChI is InChI=1S/C8H14BO7P/c9-8-7(14-3-1-2-10)6(16-17(12)13)5(4-11)15-8/h5-8,10-11H,1-4H2/p+1/t5-,6?,7?,8-/m1/s1. The van der Waals surface area contributed by atoms with Gasteiger partial charge in [-0.15, -0.1) is 9.42 Å². The Bertz CT molecular complexity index is 254. The molecule has 0 amide bonds. The summed E-state index contributed by atoms with van der Waals surface area (Å²) in [7, 11) is 2.78. The normalized spacial score (nSPS) is 33.9. The van der Waals surface area contributed by atoms with Crippen molar-refractivity contribution < 1.29 is 33.7 Å². The average molecular weight is 265 g/mol. The molecule has 9 heteroatoms. The molecule has 96 valence electrons. The van der Waals surface area contributed by atoms with Crippen molar-refractivity contribution >= 4 is 16.1 Å². The molecular formula is C8H15BO7P+. The molecule has 0 aromatic rings. The minimum absolute atomic E-state index is 0.0357. The van der Waals surface area contributed by atoms with E-state index in [0.717, 1.165) is 0 Å². The van der Waals surface area contributed by atoms with E-state index in [2.05, 4.69) is 0 Å². The summed E-state index contributed by atoms with van der Waals surface area (Å²) in [6.07, 6.45) is -2.03. The van der Waals surface area contributed by atoms with E-state index in [1.807, 2.05) is 0 Å². The van der Waals surface area contributed by atoms with E-state index in [4.69, 9.17) is 37.0 Å². The highest BCUT2D eigenvalue weighted by Crippen LogP contribution is 2.31. The molecule has 0 aromatic carbocycles. The van der Waals surface area contributed by atoms with E-state index in [9.17, 15) is 4.57 Å². The highest BCUT2D eigenvalue weighted by atomic mass is 31.1. The first-order valence-electron chi connectivity index (χ1n) is 5.17. The van der Waals surface area contributed by atoms with Crippen LogP contribution >= 0.6 is 8.25 Å². The van der Waals surface area contributed by atoms with E-state index in [-0.39, 0.29) is 19.8 Å². The van der Waals surface area contributed by atoms with Crippen molar-refractivity contribution in [2.75, 3.05) is 19.8 Å². The summed E-state index contributed by atoms with van der Waals surface area (Å²) in [5, 5.41) is 17.6. The topological polar surface area (TPSA) is 105 Å². The van der Waals surface area contributed by atoms with Gasteiger partial charge in [-0.1, -0.05) is 0 Å². The molecule has 0 bridgehead atoms. The SMILES string of the molecule is [B][C@@H]1O[C@H](CO)C(O[P+](=O)O)C1OCCCO. The van der Waals surface area contributed by atoms with Gasteiger partial charge in [-0.3, -0.25) is 0 Å². The van der Waals surface area contributed by atoms with Crippen molar-refractivity contribution in [2.24, 2.45) is 0 Å². The van der Waals surface area contributed by atoms with E-state index in [1.54, 1.807) is 0 Å². The number of hydrogen-bond donors (Lipinski definition) is 3. The van der Waals surface area contributed by atoms with Crippen molar-refractivity contribution in [3.05, 3.63) is 0 Å². The third-order valence-corrected chi connectivity index (χ3v) is 2.77. The minimum atomic E-state index is -2.83. The summed E-state index contributed by atoms with van der Waals surface area (Å²) in [5.74, 6) is 0. The zero-order chi connectivity index (χ0) is 12.8. The van der Waals surface area contributed by atoms with Crippen LogP contribution < -0.4 is 0 Å². The zero-order valence-corrected chi connectivity index (χ0v) is 10.0. The van der Waals surface area contributed by atoms with Crippen molar-refractivity contribution in [1.82, 2.24) is 0 Å². The molecule has 3 unspecified atom stereocenters. The average Bonchev–Trinajstić information content (AvgIpc) is 2.56. The maximum atomic E-state index is 10.7. The molecule has 17 heavy (non-hydrogen) atoms. The number of aliphatic hydroxyl groups is 2. The maximum absolute atomic E-state index is 10.7. The summed E-state index contributed by atoms with van der Waals surface area (Å²) in [4.78, 5) is 8.72. The van der Waals surface area contributed by atoms with Crippen LogP contribution in [0.4, 0.5) is 0 Å². The van der Waals surface area contributed by atoms with Crippen LogP contribution in [0.25, 0.3) is 0 Å². The van der Waals surface area contributed by atoms with Gasteiger partial charge in [0.2, 0.25) is 0 Å². The minimum Gasteiger partial charge on any atom is -0.396 e. The maximum Gasteiger partial charge on any atom is 0.695 e. The third-order valence-electron chi connectivity index (χ3n) is 2.35. The number of aliphatic hydroxyl groups excluding tert-OH is 2. The molecule has 1 fully saturated rings. The molecule has 1 aliphatic heterocycles. The van der Waals surface area contributed by atoms with Crippen LogP contribution in [0, 0.1) is 0 Å². The Balaban J connectivity index is 2.58. The van der Waals surface area contributed by atoms with Gasteiger partial charge >= 0.3 is 8.25 Å². The van der Waals surface area contributed by atoms with E-state index in [1.165, 1.54) is 0 Å². The van der Waals surface area contributed by atoms with Crippen LogP contribution in [0.5, 0.6) is 0 Å². The van der Waals surface area contributed by atoms with E-state index < -0.39 is 32.6 Å². The van der Waals surface area contributed by atoms with Gasteiger partial charge in [0, 0.05) is 23.8 Å². The van der Waals surface area contributed by atoms with Gasteiger partial charge in [0.15, 0.2) is 6.10 Å². The summed E-state index contributed by atoms with van der Waals surface area (Å²) < 4.78 is 25.9. The lowest BCUT2D eigenvalue weighted by atomic mass is 9.93. The lowest BCUT2D eigenvalue weighted by Crippen LogP contribution is -2.37. The molecule has 0 spiro atoms. The molecule has 7 nitrogen and oxygen atoms in total. The number of ether oxygens (including phenoxy) is 2. The van der Waals surface area contributed by atoms with Crippen LogP contribution in [-0.4, -0.2) is 67.1 Å². The predicted octanol–water partition coefficient (Wildman–Crippen LogP) is -1.33. The Morgan fingerprint density at radius 3 is 2.59 bits per heavy atom. The van der Waals surface area contributed by atoms with Crippen LogP contribution in [-0.2, 0) is 18.6 Å². The van der Waals surface area contributed by atoms with Gasteiger partial charge in [0.25, 0.3) is 0 Å². The third kappa shape index (κ3) is 4.26. The quantitative estimate of drug-likeness (QED) is 0.297. The van der Waals surface area contributed by atoms with Crippen LogP contribution in [0.15, 0.2) is 0 Å². The second-order valence-electron chi connectivity index (χ2n) is 3.54. The summed E-state index contributed by atoms with van der Waals surface area (Å²) >= 11 is 0. The molecule has 0 aromatic heterocycles. The highest BCUT2D eigenvalue weighted by Gasteiger charge is 2.48. The fraction of sp³-hybridized carbons (Fsp3) is 1.00. The first-order chi connectivity index (χ1) is 8.10. The number of hydrogen-bond acceptors (Lipinski definition) is 6. The Morgan fingerprint density at radius 2 is 2.06 bits per heavy atom. The molecule has 0 aliphatic carbocycles. The molecule has 3 N–H and O–H groups in total. The fourth-order valence-electron chi connectivity index (χ4n) is 1.61. The lowest BCUT2D eigenvalue weighted by Gasteiger charge is -2.18. The molecule has 1 heterocycles. The van der Waals surface area contributed by atoms with Gasteiger partial charge in [0.05, 0.1) is 6.61 Å². The van der Waals surface area contributed by atoms with Gasteiger partial charge in [-0.2, -0.15) is 0 Å². The number of rotatable bonds is 7. The van der Waals surface area contributed by atoms with Crippen LogP contribution in [0.2, 0.25) is 0 Å². The summed E-state index contributed by atoms with van der Waals surface area (Å²) in [6.45, 7) is -0.203. The molecule has 5 atom stereocenters. The largest absolute Gasteiger partial charge is 0.695 e. The van der Waals surface area contributed by atoms with Crippen molar-refractivity contribution in [1.29, 1.82) is 0 Å². The molecule has 1 rings (SSSR count). The Morgan fingerprint density at radius 1 is 1.35 bits per heavy atom. The van der Waals surface area contributed by atoms with Crippen molar-refractivity contribution in [3.63, 3.8) is 0 Å². The molecular weight excluding hydrogens is 250 g/mol. The highest BCUT2D eigenvalue weighted by molar-refractivity contribution is 7.32. The van der Waals surface area contributed by atoms with Gasteiger partial charge in [0.1, 0.15) is 20.1 Å². The zero-order valence-electron chi connectivity index (χ0n) is 9.14. The molecule has 1 aliphatic rings. The fourth-order valence-corrected chi connectivity index (χ4v) is 2.07. The van der Waals surface area contributed by atoms with Gasteiger partial charge in [-0.05, 0) is 6.42 Å². The Hall–Kier alpha value is -0.0751. The Labute approximate surface area is 101 Å². The summed E-state index contributed by atoms with van der Waals surface area (Å²) in [6, 6.07) is -0.842. The first-order valence-corrected chi connectivity index (χ1v) is 6.30.